The highest BCUT2D eigenvalue weighted by Crippen LogP contribution is 2.18. The van der Waals surface area contributed by atoms with Gasteiger partial charge in [0, 0.05) is 11.6 Å². The largest absolute Gasteiger partial charge is 0.480 e. The van der Waals surface area contributed by atoms with Crippen LogP contribution in [0.2, 0.25) is 0 Å². The average Bonchev–Trinajstić information content (AvgIpc) is 2.28. The number of hydrogen-bond donors (Lipinski definition) is 3. The van der Waals surface area contributed by atoms with Crippen LogP contribution in [-0.2, 0) is 11.2 Å². The fourth-order valence-electron chi connectivity index (χ4n) is 1.63. The standard InChI is InChI=1S/C11H12N4O2/c12-8(10(16)17)4-6-2-1-3-9-7(6)5-14-11(13)15-9/h1-3,5,8H,4,12H2,(H,16,17)(H2,13,14,15)/t8-/m1/s1. The summed E-state index contributed by atoms with van der Waals surface area (Å²) in [5.41, 5.74) is 12.5. The molecule has 17 heavy (non-hydrogen) atoms. The molecule has 0 amide bonds. The normalized spacial score (nSPS) is 12.5. The monoisotopic (exact) mass is 232 g/mol. The van der Waals surface area contributed by atoms with Gasteiger partial charge >= 0.3 is 5.97 Å². The number of rotatable bonds is 3. The lowest BCUT2D eigenvalue weighted by Crippen LogP contribution is -2.32. The number of fused-ring (bicyclic) bond motifs is 1. The van der Waals surface area contributed by atoms with Crippen molar-refractivity contribution >= 4 is 22.8 Å². The van der Waals surface area contributed by atoms with Crippen molar-refractivity contribution in [1.82, 2.24) is 9.97 Å². The molecule has 1 atom stereocenters. The van der Waals surface area contributed by atoms with E-state index in [4.69, 9.17) is 16.6 Å². The molecule has 0 radical (unpaired) electrons. The Labute approximate surface area is 97.3 Å². The Kier molecular flexibility index (Phi) is 2.88. The summed E-state index contributed by atoms with van der Waals surface area (Å²) < 4.78 is 0. The van der Waals surface area contributed by atoms with Crippen LogP contribution in [0.4, 0.5) is 5.95 Å². The van der Waals surface area contributed by atoms with Gasteiger partial charge in [0.05, 0.1) is 5.52 Å². The number of benzene rings is 1. The molecule has 88 valence electrons. The smallest absolute Gasteiger partial charge is 0.320 e. The topological polar surface area (TPSA) is 115 Å². The van der Waals surface area contributed by atoms with Crippen LogP contribution in [0.5, 0.6) is 0 Å². The molecule has 0 aliphatic carbocycles. The Bertz CT molecular complexity index is 570. The first-order valence-corrected chi connectivity index (χ1v) is 5.06. The van der Waals surface area contributed by atoms with E-state index in [1.54, 1.807) is 18.3 Å². The molecule has 0 saturated heterocycles. The molecular weight excluding hydrogens is 220 g/mol. The van der Waals surface area contributed by atoms with E-state index in [9.17, 15) is 4.79 Å². The number of carboxylic acids is 1. The molecule has 2 aromatic rings. The van der Waals surface area contributed by atoms with Gasteiger partial charge in [-0.2, -0.15) is 0 Å². The lowest BCUT2D eigenvalue weighted by atomic mass is 10.0. The van der Waals surface area contributed by atoms with E-state index >= 15 is 0 Å². The molecule has 0 fully saturated rings. The quantitative estimate of drug-likeness (QED) is 0.694. The molecule has 1 aromatic heterocycles. The summed E-state index contributed by atoms with van der Waals surface area (Å²) in [5.74, 6) is -0.837. The maximum atomic E-state index is 10.7. The maximum Gasteiger partial charge on any atom is 0.320 e. The number of aliphatic carboxylic acids is 1. The van der Waals surface area contributed by atoms with Gasteiger partial charge in [0.25, 0.3) is 0 Å². The van der Waals surface area contributed by atoms with Crippen LogP contribution in [0, 0.1) is 0 Å². The van der Waals surface area contributed by atoms with Gasteiger partial charge in [0.2, 0.25) is 5.95 Å². The molecule has 0 saturated carbocycles. The summed E-state index contributed by atoms with van der Waals surface area (Å²) in [6, 6.07) is 4.46. The summed E-state index contributed by atoms with van der Waals surface area (Å²) in [6.45, 7) is 0. The van der Waals surface area contributed by atoms with Crippen LogP contribution >= 0.6 is 0 Å². The van der Waals surface area contributed by atoms with E-state index in [-0.39, 0.29) is 12.4 Å². The molecule has 2 rings (SSSR count). The number of anilines is 1. The van der Waals surface area contributed by atoms with Crippen molar-refractivity contribution in [2.24, 2.45) is 5.73 Å². The van der Waals surface area contributed by atoms with Crippen molar-refractivity contribution < 1.29 is 9.90 Å². The predicted molar refractivity (Wildman–Crippen MR) is 63.3 cm³/mol. The number of nitrogens with zero attached hydrogens (tertiary/aromatic N) is 2. The zero-order chi connectivity index (χ0) is 12.4. The van der Waals surface area contributed by atoms with Crippen molar-refractivity contribution in [1.29, 1.82) is 0 Å². The van der Waals surface area contributed by atoms with Gasteiger partial charge in [-0.3, -0.25) is 4.79 Å². The molecule has 0 aliphatic rings. The molecule has 1 heterocycles. The predicted octanol–water partition coefficient (Wildman–Crippen LogP) is 0.166. The van der Waals surface area contributed by atoms with Crippen LogP contribution in [0.3, 0.4) is 0 Å². The third-order valence-corrected chi connectivity index (χ3v) is 2.49. The second-order valence-corrected chi connectivity index (χ2v) is 3.73. The van der Waals surface area contributed by atoms with Crippen molar-refractivity contribution in [3.63, 3.8) is 0 Å². The summed E-state index contributed by atoms with van der Waals surface area (Å²) in [6.07, 6.45) is 1.82. The third kappa shape index (κ3) is 2.31. The minimum Gasteiger partial charge on any atom is -0.480 e. The van der Waals surface area contributed by atoms with Gasteiger partial charge in [-0.25, -0.2) is 9.97 Å². The van der Waals surface area contributed by atoms with E-state index < -0.39 is 12.0 Å². The van der Waals surface area contributed by atoms with Crippen molar-refractivity contribution in [3.8, 4) is 0 Å². The zero-order valence-corrected chi connectivity index (χ0v) is 9.00. The second-order valence-electron chi connectivity index (χ2n) is 3.73. The molecule has 6 heteroatoms. The summed E-state index contributed by atoms with van der Waals surface area (Å²) in [7, 11) is 0. The van der Waals surface area contributed by atoms with Crippen molar-refractivity contribution in [2.75, 3.05) is 5.73 Å². The first kappa shape index (κ1) is 11.3. The van der Waals surface area contributed by atoms with Gasteiger partial charge in [0.1, 0.15) is 6.04 Å². The van der Waals surface area contributed by atoms with Crippen molar-refractivity contribution in [2.45, 2.75) is 12.5 Å². The van der Waals surface area contributed by atoms with Crippen LogP contribution in [0.1, 0.15) is 5.56 Å². The van der Waals surface area contributed by atoms with Crippen LogP contribution in [0.25, 0.3) is 10.9 Å². The van der Waals surface area contributed by atoms with Crippen molar-refractivity contribution in [3.05, 3.63) is 30.0 Å². The summed E-state index contributed by atoms with van der Waals surface area (Å²) in [4.78, 5) is 18.7. The molecule has 1 aromatic carbocycles. The molecular formula is C11H12N4O2. The highest BCUT2D eigenvalue weighted by molar-refractivity contribution is 5.83. The Morgan fingerprint density at radius 2 is 2.24 bits per heavy atom. The minimum absolute atomic E-state index is 0.192. The van der Waals surface area contributed by atoms with Crippen LogP contribution < -0.4 is 11.5 Å². The number of nitrogens with two attached hydrogens (primary N) is 2. The Morgan fingerprint density at radius 1 is 1.47 bits per heavy atom. The Morgan fingerprint density at radius 3 is 2.94 bits per heavy atom. The second kappa shape index (κ2) is 4.34. The zero-order valence-electron chi connectivity index (χ0n) is 9.00. The maximum absolute atomic E-state index is 10.7. The van der Waals surface area contributed by atoms with Gasteiger partial charge in [-0.05, 0) is 18.1 Å². The minimum atomic E-state index is -1.03. The molecule has 0 bridgehead atoms. The fourth-order valence-corrected chi connectivity index (χ4v) is 1.63. The first-order valence-electron chi connectivity index (χ1n) is 5.06. The molecule has 0 spiro atoms. The highest BCUT2D eigenvalue weighted by atomic mass is 16.4. The summed E-state index contributed by atoms with van der Waals surface area (Å²) >= 11 is 0. The van der Waals surface area contributed by atoms with Gasteiger partial charge in [-0.15, -0.1) is 0 Å². The number of carboxylic acid groups (broad SMARTS) is 1. The van der Waals surface area contributed by atoms with Gasteiger partial charge in [0.15, 0.2) is 0 Å². The van der Waals surface area contributed by atoms with Crippen LogP contribution in [0.15, 0.2) is 24.4 Å². The molecule has 0 aliphatic heterocycles. The first-order chi connectivity index (χ1) is 8.08. The van der Waals surface area contributed by atoms with E-state index in [0.717, 1.165) is 10.9 Å². The molecule has 6 nitrogen and oxygen atoms in total. The SMILES string of the molecule is Nc1ncc2c(C[C@@H](N)C(=O)O)cccc2n1. The van der Waals surface area contributed by atoms with E-state index in [0.29, 0.717) is 5.52 Å². The fraction of sp³-hybridized carbons (Fsp3) is 0.182. The van der Waals surface area contributed by atoms with E-state index in [1.165, 1.54) is 0 Å². The molecule has 0 unspecified atom stereocenters. The lowest BCUT2D eigenvalue weighted by molar-refractivity contribution is -0.138. The summed E-state index contributed by atoms with van der Waals surface area (Å²) in [5, 5.41) is 9.56. The van der Waals surface area contributed by atoms with Gasteiger partial charge < -0.3 is 16.6 Å². The molecule has 5 N–H and O–H groups in total. The van der Waals surface area contributed by atoms with Gasteiger partial charge in [-0.1, -0.05) is 12.1 Å². The number of carbonyl (C=O) groups is 1. The van der Waals surface area contributed by atoms with E-state index in [1.807, 2.05) is 6.07 Å². The average molecular weight is 232 g/mol. The Balaban J connectivity index is 2.44. The highest BCUT2D eigenvalue weighted by Gasteiger charge is 2.14. The number of hydrogen-bond acceptors (Lipinski definition) is 5. The lowest BCUT2D eigenvalue weighted by Gasteiger charge is -2.09. The number of nitrogen functional groups attached to an aromatic ring is 1. The Hall–Kier alpha value is -2.21. The van der Waals surface area contributed by atoms with E-state index in [2.05, 4.69) is 9.97 Å². The third-order valence-electron chi connectivity index (χ3n) is 2.49. The van der Waals surface area contributed by atoms with Crippen LogP contribution in [-0.4, -0.2) is 27.1 Å². The number of aromatic nitrogens is 2.